The quantitative estimate of drug-likeness (QED) is 0.0779. The van der Waals surface area contributed by atoms with Gasteiger partial charge in [-0.1, -0.05) is 119 Å². The number of carbonyl (C=O) groups excluding carboxylic acids is 2. The molecule has 12 nitrogen and oxygen atoms in total. The van der Waals surface area contributed by atoms with Crippen molar-refractivity contribution in [1.82, 2.24) is 29.5 Å². The summed E-state index contributed by atoms with van der Waals surface area (Å²) in [6.45, 7) is 8.06. The molecule has 0 aliphatic rings. The number of aromatic nitrogens is 6. The second-order valence-corrected chi connectivity index (χ2v) is 16.0. The highest BCUT2D eigenvalue weighted by atomic mass is 79.9. The van der Waals surface area contributed by atoms with Crippen LogP contribution in [0.3, 0.4) is 0 Å². The summed E-state index contributed by atoms with van der Waals surface area (Å²) in [5.41, 5.74) is 20.1. The van der Waals surface area contributed by atoms with Crippen molar-refractivity contribution in [1.29, 1.82) is 0 Å². The predicted octanol–water partition coefficient (Wildman–Crippen LogP) is 8.26. The van der Waals surface area contributed by atoms with E-state index in [4.69, 9.17) is 21.5 Å². The van der Waals surface area contributed by atoms with Gasteiger partial charge in [0, 0.05) is 28.5 Å². The molecule has 0 aliphatic heterocycles. The van der Waals surface area contributed by atoms with E-state index in [9.17, 15) is 18.4 Å². The van der Waals surface area contributed by atoms with Gasteiger partial charge >= 0.3 is 7.12 Å². The predicted molar refractivity (Wildman–Crippen MR) is 259 cm³/mol. The summed E-state index contributed by atoms with van der Waals surface area (Å²) in [6, 6.07) is 39.3. The Labute approximate surface area is 388 Å². The van der Waals surface area contributed by atoms with Crippen molar-refractivity contribution in [2.75, 3.05) is 0 Å². The highest BCUT2D eigenvalue weighted by molar-refractivity contribution is 9.12. The van der Waals surface area contributed by atoms with Gasteiger partial charge in [-0.05, 0) is 102 Å². The van der Waals surface area contributed by atoms with E-state index >= 15 is 0 Å². The summed E-state index contributed by atoms with van der Waals surface area (Å²) in [5.74, 6) is -1.01. The first-order valence-electron chi connectivity index (χ1n) is 20.3. The number of hydrogen-bond donors (Lipinski definition) is 4. The second kappa shape index (κ2) is 21.8. The van der Waals surface area contributed by atoms with Gasteiger partial charge in [-0.25, -0.2) is 28.1 Å². The molecule has 0 saturated heterocycles. The number of benzene rings is 6. The number of halogens is 3. The number of rotatable bonds is 10. The van der Waals surface area contributed by atoms with Gasteiger partial charge in [0.25, 0.3) is 11.8 Å². The van der Waals surface area contributed by atoms with E-state index in [1.807, 2.05) is 100 Å². The van der Waals surface area contributed by atoms with E-state index in [2.05, 4.69) is 48.2 Å². The third kappa shape index (κ3) is 12.8. The van der Waals surface area contributed by atoms with E-state index in [-0.39, 0.29) is 15.5 Å². The van der Waals surface area contributed by atoms with E-state index in [0.29, 0.717) is 28.3 Å². The first-order chi connectivity index (χ1) is 31.5. The molecule has 16 heteroatoms. The number of amides is 2. The molecule has 332 valence electrons. The third-order valence-corrected chi connectivity index (χ3v) is 10.3. The minimum Gasteiger partial charge on any atom is -0.423 e. The smallest absolute Gasteiger partial charge is 0.423 e. The maximum Gasteiger partial charge on any atom is 0.488 e. The molecule has 6 aromatic carbocycles. The van der Waals surface area contributed by atoms with Crippen molar-refractivity contribution in [3.05, 3.63) is 190 Å². The molecule has 0 aliphatic carbocycles. The summed E-state index contributed by atoms with van der Waals surface area (Å²) >= 11 is 3.07. The molecule has 0 saturated carbocycles. The van der Waals surface area contributed by atoms with Crippen molar-refractivity contribution in [2.24, 2.45) is 11.5 Å². The van der Waals surface area contributed by atoms with Crippen molar-refractivity contribution in [3.8, 4) is 45.0 Å². The Morgan fingerprint density at radius 2 is 1.02 bits per heavy atom. The topological polar surface area (TPSA) is 188 Å². The SMILES string of the molecule is Cc1cc(C)cc(-c2ncn(/C=C(/C(N)=O)c3ccc(-c4ccccc4)c(F)c3)n2)c1.Cc1cc(C)cc(-c2ncn(/C=C(\Br)C(N)=O)n2)c1.OB(O)c1ccc(-c2ccccc2)c(F)c1. The van der Waals surface area contributed by atoms with Gasteiger partial charge in [0.2, 0.25) is 0 Å². The maximum absolute atomic E-state index is 14.8. The van der Waals surface area contributed by atoms with Crippen LogP contribution in [0.15, 0.2) is 151 Å². The monoisotopic (exact) mass is 948 g/mol. The molecule has 0 atom stereocenters. The maximum atomic E-state index is 14.8. The lowest BCUT2D eigenvalue weighted by molar-refractivity contribution is -0.114. The first kappa shape index (κ1) is 47.8. The molecule has 0 spiro atoms. The van der Waals surface area contributed by atoms with Crippen molar-refractivity contribution < 1.29 is 28.4 Å². The van der Waals surface area contributed by atoms with Gasteiger partial charge in [0.1, 0.15) is 28.8 Å². The van der Waals surface area contributed by atoms with Crippen LogP contribution in [0.2, 0.25) is 0 Å². The van der Waals surface area contributed by atoms with Crippen molar-refractivity contribution in [3.63, 3.8) is 0 Å². The Balaban J connectivity index is 0.000000176. The fourth-order valence-corrected chi connectivity index (χ4v) is 7.03. The minimum atomic E-state index is -1.64. The Morgan fingerprint density at radius 3 is 1.42 bits per heavy atom. The lowest BCUT2D eigenvalue weighted by Gasteiger charge is -2.08. The average Bonchev–Trinajstić information content (AvgIpc) is 3.96. The molecule has 0 fully saturated rings. The van der Waals surface area contributed by atoms with E-state index in [1.54, 1.807) is 30.3 Å². The van der Waals surface area contributed by atoms with E-state index < -0.39 is 30.6 Å². The molecule has 2 aromatic heterocycles. The average molecular weight is 950 g/mol. The van der Waals surface area contributed by atoms with Crippen molar-refractivity contribution >= 4 is 58.3 Å². The van der Waals surface area contributed by atoms with Gasteiger partial charge in [-0.3, -0.25) is 9.59 Å². The summed E-state index contributed by atoms with van der Waals surface area (Å²) in [4.78, 5) is 31.6. The molecule has 0 bridgehead atoms. The summed E-state index contributed by atoms with van der Waals surface area (Å²) < 4.78 is 31.6. The Bertz CT molecular complexity index is 3030. The number of nitrogens with zero attached hydrogens (tertiary/aromatic N) is 6. The molecule has 2 amide bonds. The number of nitrogens with two attached hydrogens (primary N) is 2. The van der Waals surface area contributed by atoms with Gasteiger partial charge in [-0.15, -0.1) is 10.2 Å². The number of aryl methyl sites for hydroxylation is 4. The van der Waals surface area contributed by atoms with Crippen molar-refractivity contribution in [2.45, 2.75) is 27.7 Å². The van der Waals surface area contributed by atoms with Crippen LogP contribution < -0.4 is 16.9 Å². The Kier molecular flexibility index (Phi) is 15.8. The molecule has 0 radical (unpaired) electrons. The lowest BCUT2D eigenvalue weighted by Crippen LogP contribution is -2.29. The summed E-state index contributed by atoms with van der Waals surface area (Å²) in [6.07, 6.45) is 5.95. The van der Waals surface area contributed by atoms with Gasteiger partial charge in [-0.2, -0.15) is 0 Å². The Morgan fingerprint density at radius 1 is 0.576 bits per heavy atom. The van der Waals surface area contributed by atoms with Crippen LogP contribution in [-0.2, 0) is 9.59 Å². The summed E-state index contributed by atoms with van der Waals surface area (Å²) in [5, 5.41) is 26.5. The number of hydrogen-bond acceptors (Lipinski definition) is 8. The fraction of sp³-hybridized carbons (Fsp3) is 0.0800. The van der Waals surface area contributed by atoms with Crippen LogP contribution >= 0.6 is 15.9 Å². The third-order valence-electron chi connectivity index (χ3n) is 9.73. The molecule has 66 heavy (non-hydrogen) atoms. The standard InChI is InChI=1S/C25H21FN4O.C13H13BrN4O.C12H10BFO2/c1-16-10-17(2)12-20(11-16)25-28-15-30(29-25)14-22(24(27)31)19-8-9-21(23(26)13-19)18-6-4-3-5-7-18;1-8-3-9(2)5-10(4-8)13-16-7-18(17-13)6-11(14)12(15)19;14-12-8-10(13(15)16)6-7-11(12)9-4-2-1-3-5-9/h3-15H,1-2H3,(H2,27,31);3-7H,1-2H3,(H2,15,19);1-8,15-16H/b22-14+;11-6-;. The van der Waals surface area contributed by atoms with Crippen LogP contribution in [-0.4, -0.2) is 58.5 Å². The van der Waals surface area contributed by atoms with Gasteiger partial charge < -0.3 is 21.5 Å². The van der Waals surface area contributed by atoms with Crippen LogP contribution in [0.4, 0.5) is 8.78 Å². The molecule has 2 heterocycles. The van der Waals surface area contributed by atoms with E-state index in [0.717, 1.165) is 50.6 Å². The molecule has 6 N–H and O–H groups in total. The minimum absolute atomic E-state index is 0.135. The highest BCUT2D eigenvalue weighted by Crippen LogP contribution is 2.27. The Hall–Kier alpha value is -7.66. The van der Waals surface area contributed by atoms with Gasteiger partial charge in [0.05, 0.1) is 11.8 Å². The molecular weight excluding hydrogens is 905 g/mol. The van der Waals surface area contributed by atoms with Gasteiger partial charge in [0.15, 0.2) is 11.6 Å². The second-order valence-electron chi connectivity index (χ2n) is 15.1. The zero-order chi connectivity index (χ0) is 47.5. The van der Waals surface area contributed by atoms with Crippen LogP contribution in [0.25, 0.3) is 63.0 Å². The molecule has 8 rings (SSSR count). The zero-order valence-corrected chi connectivity index (χ0v) is 37.9. The highest BCUT2D eigenvalue weighted by Gasteiger charge is 2.16. The first-order valence-corrected chi connectivity index (χ1v) is 21.1. The lowest BCUT2D eigenvalue weighted by atomic mass is 9.79. The largest absolute Gasteiger partial charge is 0.488 e. The molecule has 0 unspecified atom stereocenters. The normalized spacial score (nSPS) is 11.2. The van der Waals surface area contributed by atoms with Crippen LogP contribution in [0.5, 0.6) is 0 Å². The zero-order valence-electron chi connectivity index (χ0n) is 36.3. The van der Waals surface area contributed by atoms with E-state index in [1.165, 1.54) is 46.6 Å². The summed E-state index contributed by atoms with van der Waals surface area (Å²) in [7, 11) is -1.64. The van der Waals surface area contributed by atoms with Crippen LogP contribution in [0.1, 0.15) is 27.8 Å². The molecular formula is C50H44BBrF2N8O4. The number of primary amides is 2. The number of carbonyl (C=O) groups is 2. The fourth-order valence-electron chi connectivity index (χ4n) is 6.82. The van der Waals surface area contributed by atoms with Crippen LogP contribution in [0, 0.1) is 39.3 Å². The molecule has 8 aromatic rings.